The van der Waals surface area contributed by atoms with Crippen molar-refractivity contribution in [3.63, 3.8) is 0 Å². The first-order chi connectivity index (χ1) is 7.43. The van der Waals surface area contributed by atoms with Gasteiger partial charge in [-0.3, -0.25) is 4.79 Å². The fraction of sp³-hybridized carbons (Fsp3) is 0.889. The zero-order valence-corrected chi connectivity index (χ0v) is 10.2. The van der Waals surface area contributed by atoms with Gasteiger partial charge >= 0.3 is 5.97 Å². The van der Waals surface area contributed by atoms with E-state index in [0.29, 0.717) is 13.0 Å². The van der Waals surface area contributed by atoms with Crippen LogP contribution in [0.25, 0.3) is 0 Å². The molecule has 0 radical (unpaired) electrons. The molecule has 2 N–H and O–H groups in total. The smallest absolute Gasteiger partial charge is 0.303 e. The molecule has 1 aliphatic heterocycles. The lowest BCUT2D eigenvalue weighted by Gasteiger charge is -2.20. The van der Waals surface area contributed by atoms with Crippen LogP contribution >= 0.6 is 0 Å². The van der Waals surface area contributed by atoms with Gasteiger partial charge in [-0.15, -0.1) is 0 Å². The molecule has 0 aromatic heterocycles. The Morgan fingerprint density at radius 3 is 2.75 bits per heavy atom. The van der Waals surface area contributed by atoms with Gasteiger partial charge in [0.1, 0.15) is 0 Å². The average molecular weight is 250 g/mol. The van der Waals surface area contributed by atoms with E-state index in [1.165, 1.54) is 4.31 Å². The summed E-state index contributed by atoms with van der Waals surface area (Å²) in [4.78, 5) is 10.2. The van der Waals surface area contributed by atoms with E-state index in [2.05, 4.69) is 4.72 Å². The Balaban J connectivity index is 2.37. The lowest BCUT2D eigenvalue weighted by Crippen LogP contribution is -2.42. The van der Waals surface area contributed by atoms with Crippen molar-refractivity contribution in [2.75, 3.05) is 13.1 Å². The number of carboxylic acids is 1. The third kappa shape index (κ3) is 3.73. The van der Waals surface area contributed by atoms with Gasteiger partial charge in [-0.05, 0) is 26.2 Å². The van der Waals surface area contributed by atoms with Gasteiger partial charge in [-0.1, -0.05) is 0 Å². The second kappa shape index (κ2) is 5.60. The predicted molar refractivity (Wildman–Crippen MR) is 59.2 cm³/mol. The third-order valence-electron chi connectivity index (χ3n) is 2.65. The second-order valence-corrected chi connectivity index (χ2v) is 5.71. The molecule has 0 aromatic rings. The normalized spacial score (nSPS) is 22.4. The number of nitrogens with zero attached hydrogens (tertiary/aromatic N) is 1. The molecule has 1 atom stereocenters. The van der Waals surface area contributed by atoms with E-state index in [-0.39, 0.29) is 19.0 Å². The quantitative estimate of drug-likeness (QED) is 0.658. The number of carbonyl (C=O) groups is 1. The van der Waals surface area contributed by atoms with Gasteiger partial charge in [-0.2, -0.15) is 12.7 Å². The maximum Gasteiger partial charge on any atom is 0.303 e. The maximum absolute atomic E-state index is 11.8. The number of nitrogens with one attached hydrogen (secondary N) is 1. The Hall–Kier alpha value is -0.660. The summed E-state index contributed by atoms with van der Waals surface area (Å²) in [5, 5.41) is 8.41. The van der Waals surface area contributed by atoms with E-state index in [4.69, 9.17) is 5.11 Å². The first-order valence-corrected chi connectivity index (χ1v) is 6.85. The van der Waals surface area contributed by atoms with Crippen molar-refractivity contribution in [2.24, 2.45) is 0 Å². The van der Waals surface area contributed by atoms with E-state index < -0.39 is 16.2 Å². The van der Waals surface area contributed by atoms with Crippen molar-refractivity contribution in [3.8, 4) is 0 Å². The van der Waals surface area contributed by atoms with Gasteiger partial charge in [0, 0.05) is 25.6 Å². The zero-order valence-electron chi connectivity index (χ0n) is 9.35. The summed E-state index contributed by atoms with van der Waals surface area (Å²) in [7, 11) is -3.42. The van der Waals surface area contributed by atoms with Crippen LogP contribution in [-0.4, -0.2) is 42.9 Å². The Morgan fingerprint density at radius 2 is 2.25 bits per heavy atom. The molecule has 0 aromatic carbocycles. The zero-order chi connectivity index (χ0) is 12.2. The molecule has 16 heavy (non-hydrogen) atoms. The molecule has 7 heteroatoms. The lowest BCUT2D eigenvalue weighted by molar-refractivity contribution is -0.137. The van der Waals surface area contributed by atoms with Crippen molar-refractivity contribution >= 4 is 16.2 Å². The average Bonchev–Trinajstić information content (AvgIpc) is 2.59. The van der Waals surface area contributed by atoms with Gasteiger partial charge < -0.3 is 5.11 Å². The van der Waals surface area contributed by atoms with Crippen LogP contribution in [0.5, 0.6) is 0 Å². The van der Waals surface area contributed by atoms with Crippen LogP contribution in [0.15, 0.2) is 0 Å². The van der Waals surface area contributed by atoms with E-state index in [0.717, 1.165) is 12.8 Å². The van der Waals surface area contributed by atoms with Crippen LogP contribution in [0.3, 0.4) is 0 Å². The fourth-order valence-electron chi connectivity index (χ4n) is 1.79. The van der Waals surface area contributed by atoms with Gasteiger partial charge in [0.05, 0.1) is 0 Å². The summed E-state index contributed by atoms with van der Waals surface area (Å²) < 4.78 is 27.4. The van der Waals surface area contributed by atoms with E-state index in [1.54, 1.807) is 0 Å². The highest BCUT2D eigenvalue weighted by Crippen LogP contribution is 2.19. The minimum absolute atomic E-state index is 0.0158. The fourth-order valence-corrected chi connectivity index (χ4v) is 3.30. The summed E-state index contributed by atoms with van der Waals surface area (Å²) >= 11 is 0. The van der Waals surface area contributed by atoms with Crippen LogP contribution in [0.4, 0.5) is 0 Å². The molecule has 1 fully saturated rings. The van der Waals surface area contributed by atoms with Gasteiger partial charge in [0.15, 0.2) is 0 Å². The first kappa shape index (κ1) is 13.4. The minimum Gasteiger partial charge on any atom is -0.481 e. The van der Waals surface area contributed by atoms with Crippen LogP contribution in [0, 0.1) is 0 Å². The molecule has 1 aliphatic rings. The molecule has 1 saturated heterocycles. The number of rotatable bonds is 6. The maximum atomic E-state index is 11.8. The third-order valence-corrected chi connectivity index (χ3v) is 4.38. The largest absolute Gasteiger partial charge is 0.481 e. The highest BCUT2D eigenvalue weighted by molar-refractivity contribution is 7.87. The van der Waals surface area contributed by atoms with Gasteiger partial charge in [0.2, 0.25) is 0 Å². The standard InChI is InChI=1S/C9H18N2O4S/c1-8-4-3-7-11(8)16(14,15)10-6-2-5-9(12)13/h8,10H,2-7H2,1H3,(H,12,13). The van der Waals surface area contributed by atoms with E-state index in [9.17, 15) is 13.2 Å². The predicted octanol–water partition coefficient (Wildman–Crippen LogP) is 0.170. The van der Waals surface area contributed by atoms with Gasteiger partial charge in [0.25, 0.3) is 10.2 Å². The SMILES string of the molecule is CC1CCCN1S(=O)(=O)NCCCC(=O)O. The Labute approximate surface area is 95.8 Å². The highest BCUT2D eigenvalue weighted by Gasteiger charge is 2.30. The summed E-state index contributed by atoms with van der Waals surface area (Å²) in [5.41, 5.74) is 0. The summed E-state index contributed by atoms with van der Waals surface area (Å²) in [6.45, 7) is 2.61. The summed E-state index contributed by atoms with van der Waals surface area (Å²) in [6.07, 6.45) is 2.07. The highest BCUT2D eigenvalue weighted by atomic mass is 32.2. The van der Waals surface area contributed by atoms with E-state index in [1.807, 2.05) is 6.92 Å². The van der Waals surface area contributed by atoms with Crippen molar-refractivity contribution in [2.45, 2.75) is 38.6 Å². The molecule has 0 aliphatic carbocycles. The van der Waals surface area contributed by atoms with E-state index >= 15 is 0 Å². The molecular formula is C9H18N2O4S. The monoisotopic (exact) mass is 250 g/mol. The molecule has 0 saturated carbocycles. The summed E-state index contributed by atoms with van der Waals surface area (Å²) in [6, 6.07) is 0.0389. The molecule has 0 bridgehead atoms. The molecule has 1 rings (SSSR count). The first-order valence-electron chi connectivity index (χ1n) is 5.41. The number of hydrogen-bond acceptors (Lipinski definition) is 3. The second-order valence-electron chi connectivity index (χ2n) is 4.00. The molecule has 1 heterocycles. The Bertz CT molecular complexity index is 341. The molecule has 0 spiro atoms. The molecule has 6 nitrogen and oxygen atoms in total. The Kier molecular flexibility index (Phi) is 4.69. The van der Waals surface area contributed by atoms with Crippen LogP contribution in [0.2, 0.25) is 0 Å². The van der Waals surface area contributed by atoms with Crippen LogP contribution in [0.1, 0.15) is 32.6 Å². The minimum atomic E-state index is -3.42. The molecule has 0 amide bonds. The van der Waals surface area contributed by atoms with Gasteiger partial charge in [-0.25, -0.2) is 4.72 Å². The molecule has 94 valence electrons. The molecule has 1 unspecified atom stereocenters. The summed E-state index contributed by atoms with van der Waals surface area (Å²) in [5.74, 6) is -0.909. The number of hydrogen-bond donors (Lipinski definition) is 2. The van der Waals surface area contributed by atoms with Crippen LogP contribution < -0.4 is 4.72 Å². The van der Waals surface area contributed by atoms with Crippen molar-refractivity contribution in [3.05, 3.63) is 0 Å². The van der Waals surface area contributed by atoms with Crippen LogP contribution in [-0.2, 0) is 15.0 Å². The van der Waals surface area contributed by atoms with Crippen molar-refractivity contribution in [1.82, 2.24) is 9.03 Å². The number of carboxylic acid groups (broad SMARTS) is 1. The number of aliphatic carboxylic acids is 1. The van der Waals surface area contributed by atoms with Crippen molar-refractivity contribution < 1.29 is 18.3 Å². The lowest BCUT2D eigenvalue weighted by atomic mass is 10.3. The van der Waals surface area contributed by atoms with Crippen molar-refractivity contribution in [1.29, 1.82) is 0 Å². The topological polar surface area (TPSA) is 86.7 Å². The Morgan fingerprint density at radius 1 is 1.56 bits per heavy atom. The molecular weight excluding hydrogens is 232 g/mol.